The van der Waals surface area contributed by atoms with Crippen LogP contribution in [0.1, 0.15) is 26.7 Å². The standard InChI is InChI=1S/C7H15N/c1-3-4-5-6-7(2)8/h5-7H,3-4,8H2,1-2H3/b6-5-. The number of rotatable bonds is 3. The molecule has 0 amide bonds. The minimum atomic E-state index is 0.224. The van der Waals surface area contributed by atoms with Crippen molar-refractivity contribution >= 4 is 0 Å². The van der Waals surface area contributed by atoms with Crippen LogP contribution in [0.5, 0.6) is 0 Å². The summed E-state index contributed by atoms with van der Waals surface area (Å²) < 4.78 is 0. The Morgan fingerprint density at radius 2 is 2.25 bits per heavy atom. The zero-order chi connectivity index (χ0) is 6.41. The monoisotopic (exact) mass is 113 g/mol. The van der Waals surface area contributed by atoms with E-state index in [4.69, 9.17) is 5.73 Å². The second-order valence-electron chi connectivity index (χ2n) is 2.08. The van der Waals surface area contributed by atoms with Crippen LogP contribution in [-0.4, -0.2) is 6.04 Å². The van der Waals surface area contributed by atoms with Crippen LogP contribution in [0.3, 0.4) is 0 Å². The molecule has 0 heterocycles. The summed E-state index contributed by atoms with van der Waals surface area (Å²) in [4.78, 5) is 0. The summed E-state index contributed by atoms with van der Waals surface area (Å²) in [7, 11) is 0. The molecule has 0 aromatic rings. The van der Waals surface area contributed by atoms with E-state index in [0.29, 0.717) is 0 Å². The molecule has 0 fully saturated rings. The van der Waals surface area contributed by atoms with Crippen LogP contribution in [-0.2, 0) is 0 Å². The van der Waals surface area contributed by atoms with Gasteiger partial charge >= 0.3 is 0 Å². The Balaban J connectivity index is 3.07. The fourth-order valence-electron chi connectivity index (χ4n) is 0.478. The van der Waals surface area contributed by atoms with Crippen LogP contribution in [0.25, 0.3) is 0 Å². The van der Waals surface area contributed by atoms with Gasteiger partial charge in [0.25, 0.3) is 0 Å². The molecule has 0 aliphatic carbocycles. The van der Waals surface area contributed by atoms with Gasteiger partial charge in [-0.15, -0.1) is 0 Å². The Morgan fingerprint density at radius 1 is 1.62 bits per heavy atom. The first-order valence-electron chi connectivity index (χ1n) is 3.19. The SMILES string of the molecule is CCC/C=C\C(C)N. The summed E-state index contributed by atoms with van der Waals surface area (Å²) in [5.41, 5.74) is 5.45. The number of unbranched alkanes of at least 4 members (excludes halogenated alkanes) is 1. The van der Waals surface area contributed by atoms with E-state index in [9.17, 15) is 0 Å². The third-order valence-electron chi connectivity index (χ3n) is 0.895. The molecule has 0 aliphatic heterocycles. The third kappa shape index (κ3) is 5.70. The summed E-state index contributed by atoms with van der Waals surface area (Å²) in [6, 6.07) is 0.224. The van der Waals surface area contributed by atoms with Crippen molar-refractivity contribution in [2.75, 3.05) is 0 Å². The van der Waals surface area contributed by atoms with E-state index in [2.05, 4.69) is 13.0 Å². The van der Waals surface area contributed by atoms with E-state index >= 15 is 0 Å². The molecule has 0 aromatic carbocycles. The molecular formula is C7H15N. The van der Waals surface area contributed by atoms with Gasteiger partial charge in [0, 0.05) is 6.04 Å². The van der Waals surface area contributed by atoms with Crippen molar-refractivity contribution < 1.29 is 0 Å². The molecule has 0 saturated carbocycles. The predicted molar refractivity (Wildman–Crippen MR) is 37.7 cm³/mol. The van der Waals surface area contributed by atoms with Crippen LogP contribution in [0.15, 0.2) is 12.2 Å². The van der Waals surface area contributed by atoms with Crippen molar-refractivity contribution in [1.29, 1.82) is 0 Å². The van der Waals surface area contributed by atoms with Gasteiger partial charge < -0.3 is 5.73 Å². The quantitative estimate of drug-likeness (QED) is 0.554. The van der Waals surface area contributed by atoms with Gasteiger partial charge in [-0.1, -0.05) is 25.5 Å². The van der Waals surface area contributed by atoms with Crippen LogP contribution in [0.2, 0.25) is 0 Å². The van der Waals surface area contributed by atoms with Gasteiger partial charge in [-0.25, -0.2) is 0 Å². The molecule has 1 atom stereocenters. The average Bonchev–Trinajstić information content (AvgIpc) is 1.66. The molecule has 0 aromatic heterocycles. The van der Waals surface area contributed by atoms with Crippen molar-refractivity contribution in [3.8, 4) is 0 Å². The highest BCUT2D eigenvalue weighted by molar-refractivity contribution is 4.87. The zero-order valence-corrected chi connectivity index (χ0v) is 5.72. The van der Waals surface area contributed by atoms with Crippen LogP contribution in [0, 0.1) is 0 Å². The molecular weight excluding hydrogens is 98.1 g/mol. The van der Waals surface area contributed by atoms with Crippen LogP contribution in [0.4, 0.5) is 0 Å². The lowest BCUT2D eigenvalue weighted by atomic mass is 10.2. The van der Waals surface area contributed by atoms with Gasteiger partial charge in [-0.05, 0) is 13.3 Å². The second kappa shape index (κ2) is 4.85. The highest BCUT2D eigenvalue weighted by Crippen LogP contribution is 1.88. The number of nitrogens with two attached hydrogens (primary N) is 1. The van der Waals surface area contributed by atoms with Crippen molar-refractivity contribution in [2.45, 2.75) is 32.7 Å². The molecule has 48 valence electrons. The lowest BCUT2D eigenvalue weighted by molar-refractivity contribution is 0.897. The maximum atomic E-state index is 5.45. The molecule has 0 spiro atoms. The lowest BCUT2D eigenvalue weighted by Crippen LogP contribution is -2.09. The van der Waals surface area contributed by atoms with Gasteiger partial charge in [-0.3, -0.25) is 0 Å². The number of hydrogen-bond donors (Lipinski definition) is 1. The first-order valence-corrected chi connectivity index (χ1v) is 3.19. The highest BCUT2D eigenvalue weighted by atomic mass is 14.6. The molecule has 0 saturated heterocycles. The fraction of sp³-hybridized carbons (Fsp3) is 0.714. The molecule has 1 heteroatoms. The van der Waals surface area contributed by atoms with Crippen molar-refractivity contribution in [3.05, 3.63) is 12.2 Å². The lowest BCUT2D eigenvalue weighted by Gasteiger charge is -1.91. The molecule has 1 nitrogen and oxygen atoms in total. The summed E-state index contributed by atoms with van der Waals surface area (Å²) in [5.74, 6) is 0. The first kappa shape index (κ1) is 7.70. The first-order chi connectivity index (χ1) is 3.77. The summed E-state index contributed by atoms with van der Waals surface area (Å²) in [6.07, 6.45) is 6.53. The molecule has 1 unspecified atom stereocenters. The molecule has 0 radical (unpaired) electrons. The van der Waals surface area contributed by atoms with Crippen LogP contribution >= 0.6 is 0 Å². The van der Waals surface area contributed by atoms with Gasteiger partial charge in [-0.2, -0.15) is 0 Å². The normalized spacial score (nSPS) is 14.9. The van der Waals surface area contributed by atoms with Gasteiger partial charge in [0.2, 0.25) is 0 Å². The molecule has 2 N–H and O–H groups in total. The van der Waals surface area contributed by atoms with E-state index in [1.165, 1.54) is 6.42 Å². The van der Waals surface area contributed by atoms with E-state index in [1.807, 2.05) is 13.0 Å². The number of hydrogen-bond acceptors (Lipinski definition) is 1. The largest absolute Gasteiger partial charge is 0.325 e. The Hall–Kier alpha value is -0.300. The molecule has 0 bridgehead atoms. The Labute approximate surface area is 51.6 Å². The maximum Gasteiger partial charge on any atom is 0.0194 e. The topological polar surface area (TPSA) is 26.0 Å². The van der Waals surface area contributed by atoms with Crippen molar-refractivity contribution in [3.63, 3.8) is 0 Å². The maximum absolute atomic E-state index is 5.45. The minimum absolute atomic E-state index is 0.224. The fourth-order valence-corrected chi connectivity index (χ4v) is 0.478. The summed E-state index contributed by atoms with van der Waals surface area (Å²) >= 11 is 0. The molecule has 0 rings (SSSR count). The summed E-state index contributed by atoms with van der Waals surface area (Å²) in [5, 5.41) is 0. The molecule has 0 aliphatic rings. The van der Waals surface area contributed by atoms with E-state index in [1.54, 1.807) is 0 Å². The van der Waals surface area contributed by atoms with E-state index < -0.39 is 0 Å². The van der Waals surface area contributed by atoms with Gasteiger partial charge in [0.1, 0.15) is 0 Å². The molecule has 8 heavy (non-hydrogen) atoms. The Bertz CT molecular complexity index is 64.8. The second-order valence-corrected chi connectivity index (χ2v) is 2.08. The predicted octanol–water partition coefficient (Wildman–Crippen LogP) is 1.69. The van der Waals surface area contributed by atoms with Crippen molar-refractivity contribution in [1.82, 2.24) is 0 Å². The Kier molecular flexibility index (Phi) is 4.67. The zero-order valence-electron chi connectivity index (χ0n) is 5.72. The average molecular weight is 113 g/mol. The van der Waals surface area contributed by atoms with Gasteiger partial charge in [0.05, 0.1) is 0 Å². The number of allylic oxidation sites excluding steroid dienone is 1. The minimum Gasteiger partial charge on any atom is -0.325 e. The van der Waals surface area contributed by atoms with E-state index in [0.717, 1.165) is 6.42 Å². The van der Waals surface area contributed by atoms with E-state index in [-0.39, 0.29) is 6.04 Å². The highest BCUT2D eigenvalue weighted by Gasteiger charge is 1.79. The smallest absolute Gasteiger partial charge is 0.0194 e. The van der Waals surface area contributed by atoms with Gasteiger partial charge in [0.15, 0.2) is 0 Å². The van der Waals surface area contributed by atoms with Crippen LogP contribution < -0.4 is 5.73 Å². The third-order valence-corrected chi connectivity index (χ3v) is 0.895. The summed E-state index contributed by atoms with van der Waals surface area (Å²) in [6.45, 7) is 4.14. The Morgan fingerprint density at radius 3 is 2.62 bits per heavy atom. The van der Waals surface area contributed by atoms with Crippen molar-refractivity contribution in [2.24, 2.45) is 5.73 Å².